The molecule has 0 radical (unpaired) electrons. The fourth-order valence-electron chi connectivity index (χ4n) is 2.69. The number of benzene rings is 2. The van der Waals surface area contributed by atoms with Crippen molar-refractivity contribution in [1.29, 1.82) is 0 Å². The molecule has 0 saturated carbocycles. The molecule has 0 aliphatic rings. The predicted octanol–water partition coefficient (Wildman–Crippen LogP) is -0.126. The third-order valence-corrected chi connectivity index (χ3v) is 5.54. The molecular weight excluding hydrogens is 417 g/mol. The monoisotopic (exact) mass is 440 g/mol. The van der Waals surface area contributed by atoms with Crippen LogP contribution in [0, 0.1) is 19.8 Å². The van der Waals surface area contributed by atoms with E-state index in [9.17, 15) is 9.90 Å². The molecule has 0 heterocycles. The van der Waals surface area contributed by atoms with E-state index in [1.54, 1.807) is 12.1 Å². The third kappa shape index (κ3) is 5.21. The number of nitrogens with two attached hydrogens (primary N) is 1. The number of rotatable bonds is 7. The molecule has 2 rings (SSSR count). The van der Waals surface area contributed by atoms with Crippen molar-refractivity contribution in [2.75, 3.05) is 4.43 Å². The fourth-order valence-corrected chi connectivity index (χ4v) is 3.98. The zero-order chi connectivity index (χ0) is 17.5. The van der Waals surface area contributed by atoms with Gasteiger partial charge in [-0.3, -0.25) is 0 Å². The molecule has 1 unspecified atom stereocenters. The van der Waals surface area contributed by atoms with Crippen LogP contribution < -0.4 is 25.4 Å². The Balaban J connectivity index is 2.07. The first kappa shape index (κ1) is 18.7. The van der Waals surface area contributed by atoms with Gasteiger partial charge >= 0.3 is 154 Å². The van der Waals surface area contributed by atoms with Gasteiger partial charge in [-0.25, -0.2) is 0 Å². The van der Waals surface area contributed by atoms with E-state index in [4.69, 9.17) is 8.68 Å². The quantitative estimate of drug-likeness (QED) is 0.273. The van der Waals surface area contributed by atoms with Gasteiger partial charge in [-0.05, 0) is 0 Å². The number of phenolic OH excluding ortho intramolecular Hbond substituents is 1. The van der Waals surface area contributed by atoms with E-state index in [1.807, 2.05) is 44.2 Å². The number of carbonyl (C=O) groups excluding carboxylic acids is 1. The van der Waals surface area contributed by atoms with Crippen molar-refractivity contribution < 1.29 is 36.1 Å². The Kier molecular flexibility index (Phi) is 7.05. The minimum absolute atomic E-state index is 0.198. The number of aryl methyl sites for hydroxylation is 2. The summed E-state index contributed by atoms with van der Waals surface area (Å²) in [4.78, 5) is 12.5. The average molecular weight is 440 g/mol. The van der Waals surface area contributed by atoms with Gasteiger partial charge in [0.1, 0.15) is 0 Å². The van der Waals surface area contributed by atoms with E-state index in [0.717, 1.165) is 22.3 Å². The Bertz CT molecular complexity index is 665. The van der Waals surface area contributed by atoms with Gasteiger partial charge in [-0.1, -0.05) is 0 Å². The van der Waals surface area contributed by atoms with Crippen LogP contribution in [0.25, 0.3) is 0 Å². The summed E-state index contributed by atoms with van der Waals surface area (Å²) in [5.41, 5.74) is 4.04. The SMILES string of the molecule is Cc1cc(O)cc(C)c1CC(C[I-]N)C(=O)OCc1ccccc1. The van der Waals surface area contributed by atoms with Crippen LogP contribution in [0.15, 0.2) is 42.5 Å². The molecular formula is C19H23INO3-. The summed E-state index contributed by atoms with van der Waals surface area (Å²) in [6.45, 7) is 4.18. The Hall–Kier alpha value is -1.60. The summed E-state index contributed by atoms with van der Waals surface area (Å²) < 4.78 is 12.0. The first-order valence-corrected chi connectivity index (χ1v) is 10.6. The first-order chi connectivity index (χ1) is 11.5. The average Bonchev–Trinajstić information content (AvgIpc) is 2.55. The van der Waals surface area contributed by atoms with Gasteiger partial charge in [0.15, 0.2) is 0 Å². The van der Waals surface area contributed by atoms with E-state index >= 15 is 0 Å². The maximum absolute atomic E-state index is 12.5. The molecule has 0 fully saturated rings. The summed E-state index contributed by atoms with van der Waals surface area (Å²) in [6.07, 6.45) is 0.600. The van der Waals surface area contributed by atoms with Crippen molar-refractivity contribution in [3.05, 3.63) is 64.7 Å². The van der Waals surface area contributed by atoms with Crippen LogP contribution in [0.2, 0.25) is 0 Å². The van der Waals surface area contributed by atoms with Crippen LogP contribution in [-0.4, -0.2) is 15.5 Å². The molecule has 4 nitrogen and oxygen atoms in total. The van der Waals surface area contributed by atoms with Gasteiger partial charge in [0.25, 0.3) is 0 Å². The molecule has 5 heteroatoms. The molecule has 0 aromatic heterocycles. The molecule has 0 amide bonds. The Morgan fingerprint density at radius 2 is 1.83 bits per heavy atom. The fraction of sp³-hybridized carbons (Fsp3) is 0.316. The number of phenols is 1. The standard InChI is InChI=1S/C19H23INO3/c1-13-8-17(22)9-14(2)18(13)10-16(11-20-21)19(23)24-12-15-6-4-3-5-7-15/h3-9,16,22H,10-12,21H2,1-2H3/q-1. The van der Waals surface area contributed by atoms with Crippen molar-refractivity contribution in [1.82, 2.24) is 0 Å². The maximum atomic E-state index is 12.5. The molecule has 0 bridgehead atoms. The van der Waals surface area contributed by atoms with Crippen molar-refractivity contribution in [2.45, 2.75) is 26.9 Å². The minimum atomic E-state index is -0.508. The molecule has 0 saturated heterocycles. The van der Waals surface area contributed by atoms with E-state index in [-0.39, 0.29) is 24.2 Å². The number of ether oxygens (including phenoxy) is 1. The summed E-state index contributed by atoms with van der Waals surface area (Å²) >= 11 is -0.508. The Labute approximate surface area is 153 Å². The molecule has 24 heavy (non-hydrogen) atoms. The van der Waals surface area contributed by atoms with Gasteiger partial charge in [0, 0.05) is 0 Å². The summed E-state index contributed by atoms with van der Waals surface area (Å²) in [6, 6.07) is 13.1. The van der Waals surface area contributed by atoms with E-state index < -0.39 is 21.5 Å². The number of hydrogen-bond donors (Lipinski definition) is 2. The molecule has 1 atom stereocenters. The molecule has 0 aliphatic carbocycles. The van der Waals surface area contributed by atoms with E-state index in [0.29, 0.717) is 10.8 Å². The van der Waals surface area contributed by atoms with Crippen molar-refractivity contribution in [3.8, 4) is 5.75 Å². The van der Waals surface area contributed by atoms with E-state index in [1.165, 1.54) is 0 Å². The summed E-state index contributed by atoms with van der Waals surface area (Å²) in [7, 11) is 0. The second-order valence-electron chi connectivity index (χ2n) is 5.86. The van der Waals surface area contributed by atoms with Gasteiger partial charge in [0.2, 0.25) is 0 Å². The molecule has 0 spiro atoms. The second-order valence-corrected chi connectivity index (χ2v) is 7.62. The van der Waals surface area contributed by atoms with E-state index in [2.05, 4.69) is 0 Å². The molecule has 2 aromatic rings. The zero-order valence-corrected chi connectivity index (χ0v) is 16.1. The molecule has 3 N–H and O–H groups in total. The molecule has 130 valence electrons. The van der Waals surface area contributed by atoms with Crippen molar-refractivity contribution in [3.63, 3.8) is 0 Å². The third-order valence-electron chi connectivity index (χ3n) is 3.96. The normalized spacial score (nSPS) is 12.1. The molecule has 0 aliphatic heterocycles. The topological polar surface area (TPSA) is 72.5 Å². The number of aromatic hydroxyl groups is 1. The second kappa shape index (κ2) is 9.03. The number of halogens is 1. The number of alkyl halides is 1. The Morgan fingerprint density at radius 3 is 2.42 bits per heavy atom. The van der Waals surface area contributed by atoms with Gasteiger partial charge in [0.05, 0.1) is 0 Å². The zero-order valence-electron chi connectivity index (χ0n) is 14.0. The van der Waals surface area contributed by atoms with Crippen LogP contribution in [0.5, 0.6) is 5.75 Å². The number of hydrogen-bond acceptors (Lipinski definition) is 4. The van der Waals surface area contributed by atoms with Gasteiger partial charge in [-0.2, -0.15) is 0 Å². The Morgan fingerprint density at radius 1 is 1.21 bits per heavy atom. The number of carbonyl (C=O) groups is 1. The van der Waals surface area contributed by atoms with Crippen molar-refractivity contribution in [2.24, 2.45) is 9.86 Å². The van der Waals surface area contributed by atoms with Crippen LogP contribution in [0.3, 0.4) is 0 Å². The van der Waals surface area contributed by atoms with Crippen LogP contribution in [0.1, 0.15) is 22.3 Å². The van der Waals surface area contributed by atoms with Crippen LogP contribution in [-0.2, 0) is 22.6 Å². The van der Waals surface area contributed by atoms with Gasteiger partial charge in [-0.15, -0.1) is 0 Å². The summed E-state index contributed by atoms with van der Waals surface area (Å²) in [5.74, 6) is -0.174. The first-order valence-electron chi connectivity index (χ1n) is 7.78. The van der Waals surface area contributed by atoms with Crippen LogP contribution in [0.4, 0.5) is 0 Å². The number of esters is 1. The van der Waals surface area contributed by atoms with Crippen LogP contribution >= 0.6 is 0 Å². The van der Waals surface area contributed by atoms with Crippen molar-refractivity contribution >= 4 is 5.97 Å². The van der Waals surface area contributed by atoms with Gasteiger partial charge < -0.3 is 0 Å². The predicted molar refractivity (Wildman–Crippen MR) is 90.1 cm³/mol. The summed E-state index contributed by atoms with van der Waals surface area (Å²) in [5, 5.41) is 9.67. The molecule has 2 aromatic carbocycles.